The molecule has 0 fully saturated rings. The maximum absolute atomic E-state index is 13.7. The summed E-state index contributed by atoms with van der Waals surface area (Å²) in [5.41, 5.74) is 5.42. The van der Waals surface area contributed by atoms with E-state index in [9.17, 15) is 22.7 Å². The van der Waals surface area contributed by atoms with Gasteiger partial charge < -0.3 is 5.11 Å². The summed E-state index contributed by atoms with van der Waals surface area (Å²) in [6, 6.07) is 11.5. The van der Waals surface area contributed by atoms with Crippen LogP contribution in [0.15, 0.2) is 48.5 Å². The first-order chi connectivity index (χ1) is 15.6. The van der Waals surface area contributed by atoms with Crippen LogP contribution in [0.4, 0.5) is 17.6 Å². The maximum atomic E-state index is 13.7. The number of nitrogens with zero attached hydrogens (tertiary/aromatic N) is 1. The van der Waals surface area contributed by atoms with Crippen LogP contribution in [0.25, 0.3) is 11.1 Å². The van der Waals surface area contributed by atoms with E-state index in [0.29, 0.717) is 19.3 Å². The Morgan fingerprint density at radius 3 is 2.27 bits per heavy atom. The van der Waals surface area contributed by atoms with E-state index in [1.54, 1.807) is 12.1 Å². The van der Waals surface area contributed by atoms with E-state index in [1.807, 2.05) is 0 Å². The summed E-state index contributed by atoms with van der Waals surface area (Å²) in [7, 11) is 0. The Kier molecular flexibility index (Phi) is 6.57. The average molecular weight is 458 g/mol. The Hall–Kier alpha value is -2.73. The van der Waals surface area contributed by atoms with Gasteiger partial charge in [-0.25, -0.2) is 4.39 Å². The van der Waals surface area contributed by atoms with Crippen LogP contribution < -0.4 is 0 Å². The van der Waals surface area contributed by atoms with Gasteiger partial charge in [0, 0.05) is 17.0 Å². The minimum absolute atomic E-state index is 0.121. The molecule has 174 valence electrons. The zero-order valence-electron chi connectivity index (χ0n) is 18.7. The lowest BCUT2D eigenvalue weighted by Gasteiger charge is -2.29. The predicted octanol–water partition coefficient (Wildman–Crippen LogP) is 7.18. The lowest BCUT2D eigenvalue weighted by molar-refractivity contribution is -0.137. The number of hydrogen-bond donors (Lipinski definition) is 1. The van der Waals surface area contributed by atoms with Crippen molar-refractivity contribution >= 4 is 0 Å². The van der Waals surface area contributed by atoms with Crippen molar-refractivity contribution in [2.75, 3.05) is 0 Å². The highest BCUT2D eigenvalue weighted by molar-refractivity contribution is 5.74. The second kappa shape index (κ2) is 9.26. The second-order valence-electron chi connectivity index (χ2n) is 8.98. The second-order valence-corrected chi connectivity index (χ2v) is 8.98. The molecule has 1 aliphatic carbocycles. The van der Waals surface area contributed by atoms with Gasteiger partial charge >= 0.3 is 6.18 Å². The summed E-state index contributed by atoms with van der Waals surface area (Å²) >= 11 is 0. The van der Waals surface area contributed by atoms with Gasteiger partial charge in [0.1, 0.15) is 5.82 Å². The van der Waals surface area contributed by atoms with E-state index in [4.69, 9.17) is 4.98 Å². The van der Waals surface area contributed by atoms with Gasteiger partial charge in [-0.15, -0.1) is 0 Å². The monoisotopic (exact) mass is 457 g/mol. The maximum Gasteiger partial charge on any atom is 0.416 e. The van der Waals surface area contributed by atoms with Crippen molar-refractivity contribution in [2.45, 2.75) is 64.1 Å². The molecule has 1 unspecified atom stereocenters. The fourth-order valence-corrected chi connectivity index (χ4v) is 4.67. The van der Waals surface area contributed by atoms with Crippen molar-refractivity contribution in [3.05, 3.63) is 88.0 Å². The Labute approximate surface area is 191 Å². The number of hydrogen-bond acceptors (Lipinski definition) is 2. The van der Waals surface area contributed by atoms with Crippen molar-refractivity contribution in [2.24, 2.45) is 0 Å². The Morgan fingerprint density at radius 2 is 1.67 bits per heavy atom. The third-order valence-corrected chi connectivity index (χ3v) is 6.30. The number of alkyl halides is 3. The van der Waals surface area contributed by atoms with E-state index < -0.39 is 17.8 Å². The Morgan fingerprint density at radius 1 is 1.00 bits per heavy atom. The number of aryl methyl sites for hydroxylation is 2. The summed E-state index contributed by atoms with van der Waals surface area (Å²) in [6.45, 7) is 4.12. The van der Waals surface area contributed by atoms with Gasteiger partial charge in [0.15, 0.2) is 0 Å². The number of aromatic nitrogens is 1. The molecule has 1 aliphatic rings. The molecule has 0 bridgehead atoms. The Bertz CT molecular complexity index is 1120. The van der Waals surface area contributed by atoms with E-state index in [2.05, 4.69) is 13.8 Å². The van der Waals surface area contributed by atoms with E-state index in [1.165, 1.54) is 24.3 Å². The molecule has 1 N–H and O–H groups in total. The molecule has 1 heterocycles. The molecular formula is C27H27F4NO. The van der Waals surface area contributed by atoms with Crippen LogP contribution >= 0.6 is 0 Å². The zero-order chi connectivity index (χ0) is 23.8. The predicted molar refractivity (Wildman–Crippen MR) is 120 cm³/mol. The first-order valence-corrected chi connectivity index (χ1v) is 11.3. The van der Waals surface area contributed by atoms with Crippen LogP contribution in [-0.2, 0) is 25.4 Å². The van der Waals surface area contributed by atoms with Gasteiger partial charge in [-0.05, 0) is 84.5 Å². The summed E-state index contributed by atoms with van der Waals surface area (Å²) < 4.78 is 52.4. The molecule has 33 heavy (non-hydrogen) atoms. The van der Waals surface area contributed by atoms with Crippen molar-refractivity contribution in [1.82, 2.24) is 4.98 Å². The molecule has 0 aliphatic heterocycles. The number of pyridine rings is 1. The van der Waals surface area contributed by atoms with Crippen molar-refractivity contribution < 1.29 is 22.7 Å². The first kappa shape index (κ1) is 23.4. The van der Waals surface area contributed by atoms with Gasteiger partial charge in [-0.3, -0.25) is 4.98 Å². The number of fused-ring (bicyclic) bond motifs is 1. The number of aliphatic hydroxyl groups is 1. The van der Waals surface area contributed by atoms with E-state index >= 15 is 0 Å². The average Bonchev–Trinajstić information content (AvgIpc) is 2.77. The minimum Gasteiger partial charge on any atom is -0.388 e. The molecule has 4 rings (SSSR count). The molecule has 2 nitrogen and oxygen atoms in total. The highest BCUT2D eigenvalue weighted by Gasteiger charge is 2.30. The van der Waals surface area contributed by atoms with Crippen LogP contribution in [0.3, 0.4) is 0 Å². The van der Waals surface area contributed by atoms with Crippen molar-refractivity contribution in [1.29, 1.82) is 0 Å². The lowest BCUT2D eigenvalue weighted by atomic mass is 9.81. The lowest BCUT2D eigenvalue weighted by Crippen LogP contribution is -2.18. The molecule has 0 saturated carbocycles. The molecule has 0 amide bonds. The quantitative estimate of drug-likeness (QED) is 0.412. The summed E-state index contributed by atoms with van der Waals surface area (Å²) in [4.78, 5) is 4.94. The van der Waals surface area contributed by atoms with Crippen molar-refractivity contribution in [3.8, 4) is 11.1 Å². The van der Waals surface area contributed by atoms with E-state index in [-0.39, 0.29) is 11.7 Å². The molecular weight excluding hydrogens is 430 g/mol. The third kappa shape index (κ3) is 4.96. The van der Waals surface area contributed by atoms with Gasteiger partial charge in [0.2, 0.25) is 0 Å². The molecule has 6 heteroatoms. The topological polar surface area (TPSA) is 33.1 Å². The zero-order valence-corrected chi connectivity index (χ0v) is 18.7. The Balaban J connectivity index is 1.80. The number of aliphatic hydroxyl groups excluding tert-OH is 1. The van der Waals surface area contributed by atoms with E-state index in [0.717, 1.165) is 64.2 Å². The smallest absolute Gasteiger partial charge is 0.388 e. The van der Waals surface area contributed by atoms with Gasteiger partial charge in [0.05, 0.1) is 11.7 Å². The fourth-order valence-electron chi connectivity index (χ4n) is 4.67. The molecule has 2 aromatic carbocycles. The highest BCUT2D eigenvalue weighted by atomic mass is 19.4. The normalized spacial score (nSPS) is 16.2. The van der Waals surface area contributed by atoms with Crippen molar-refractivity contribution in [3.63, 3.8) is 0 Å². The summed E-state index contributed by atoms with van der Waals surface area (Å²) in [6.07, 6.45) is -1.65. The molecule has 1 aromatic heterocycles. The molecule has 3 aromatic rings. The highest BCUT2D eigenvalue weighted by Crippen LogP contribution is 2.42. The van der Waals surface area contributed by atoms with Crippen LogP contribution in [-0.4, -0.2) is 10.1 Å². The first-order valence-electron chi connectivity index (χ1n) is 11.3. The molecule has 0 spiro atoms. The molecule has 0 radical (unpaired) electrons. The van der Waals surface area contributed by atoms with Crippen LogP contribution in [0.1, 0.15) is 72.4 Å². The number of halogens is 4. The third-order valence-electron chi connectivity index (χ3n) is 6.30. The van der Waals surface area contributed by atoms with Gasteiger partial charge in [0.25, 0.3) is 0 Å². The fraction of sp³-hybridized carbons (Fsp3) is 0.370. The van der Waals surface area contributed by atoms with Gasteiger partial charge in [-0.1, -0.05) is 38.1 Å². The standard InChI is InChI=1S/C27H27F4NO/c1-16(2)26-21(15-8-17-6-11-19(12-7-17)27(29,30)31)24(18-9-13-20(28)14-10-18)25-22(32-26)4-3-5-23(25)33/h6-7,9-14,16,23,33H,3-5,8,15H2,1-2H3. The largest absolute Gasteiger partial charge is 0.416 e. The number of benzene rings is 2. The number of rotatable bonds is 5. The van der Waals surface area contributed by atoms with Crippen LogP contribution in [0.2, 0.25) is 0 Å². The minimum atomic E-state index is -4.36. The molecule has 0 saturated heterocycles. The van der Waals surface area contributed by atoms with Crippen LogP contribution in [0, 0.1) is 5.82 Å². The SMILES string of the molecule is CC(C)c1nc2c(c(-c3ccc(F)cc3)c1CCc1ccc(C(F)(F)F)cc1)C(O)CCC2. The van der Waals surface area contributed by atoms with Crippen LogP contribution in [0.5, 0.6) is 0 Å². The summed E-state index contributed by atoms with van der Waals surface area (Å²) in [5, 5.41) is 10.9. The van der Waals surface area contributed by atoms with Gasteiger partial charge in [-0.2, -0.15) is 13.2 Å². The summed E-state index contributed by atoms with van der Waals surface area (Å²) in [5.74, 6) is -0.214. The molecule has 1 atom stereocenters.